The molecule has 0 aliphatic carbocycles. The van der Waals surface area contributed by atoms with E-state index in [1.807, 2.05) is 41.2 Å². The average Bonchev–Trinajstić information content (AvgIpc) is 2.55. The number of hydrogen-bond acceptors (Lipinski definition) is 2. The Balaban J connectivity index is 1.81. The Kier molecular flexibility index (Phi) is 5.95. The Labute approximate surface area is 131 Å². The summed E-state index contributed by atoms with van der Waals surface area (Å²) < 4.78 is 7.00. The number of pyridine rings is 1. The second kappa shape index (κ2) is 8.17. The normalized spacial score (nSPS) is 10.3. The maximum absolute atomic E-state index is 12.0. The van der Waals surface area contributed by atoms with Gasteiger partial charge >= 0.3 is 0 Å². The lowest BCUT2D eigenvalue weighted by atomic mass is 10.1. The molecule has 0 saturated carbocycles. The molecule has 0 aliphatic heterocycles. The van der Waals surface area contributed by atoms with Crippen molar-refractivity contribution in [3.8, 4) is 5.75 Å². The maximum Gasteiger partial charge on any atom is 0.286 e. The molecule has 0 saturated heterocycles. The largest absolute Gasteiger partial charge is 0.497 e. The molecule has 1 aromatic carbocycles. The van der Waals surface area contributed by atoms with E-state index in [1.54, 1.807) is 7.11 Å². The fourth-order valence-corrected chi connectivity index (χ4v) is 2.21. The number of carbonyl (C=O) groups excluding carboxylic acids is 1. The molecular formula is C18H23N2O2+. The molecule has 22 heavy (non-hydrogen) atoms. The number of amides is 1. The van der Waals surface area contributed by atoms with Crippen LogP contribution in [-0.4, -0.2) is 13.0 Å². The van der Waals surface area contributed by atoms with Gasteiger partial charge in [0.25, 0.3) is 5.91 Å². The predicted molar refractivity (Wildman–Crippen MR) is 85.5 cm³/mol. The third-order valence-corrected chi connectivity index (χ3v) is 3.47. The Morgan fingerprint density at radius 2 is 1.77 bits per heavy atom. The van der Waals surface area contributed by atoms with E-state index in [4.69, 9.17) is 4.74 Å². The van der Waals surface area contributed by atoms with Gasteiger partial charge in [-0.25, -0.2) is 0 Å². The molecule has 0 radical (unpaired) electrons. The molecule has 1 heterocycles. The summed E-state index contributed by atoms with van der Waals surface area (Å²) in [5.41, 5.74) is 2.36. The second-order valence-corrected chi connectivity index (χ2v) is 5.25. The van der Waals surface area contributed by atoms with Gasteiger partial charge in [0.05, 0.1) is 7.11 Å². The second-order valence-electron chi connectivity index (χ2n) is 5.25. The van der Waals surface area contributed by atoms with Gasteiger partial charge < -0.3 is 10.1 Å². The quantitative estimate of drug-likeness (QED) is 0.797. The van der Waals surface area contributed by atoms with Crippen LogP contribution in [0.2, 0.25) is 0 Å². The summed E-state index contributed by atoms with van der Waals surface area (Å²) in [6.45, 7) is 3.02. The van der Waals surface area contributed by atoms with Gasteiger partial charge in [0, 0.05) is 18.7 Å². The smallest absolute Gasteiger partial charge is 0.286 e. The summed E-state index contributed by atoms with van der Waals surface area (Å²) in [6, 6.07) is 11.8. The highest BCUT2D eigenvalue weighted by molar-refractivity contribution is 5.74. The van der Waals surface area contributed by atoms with Crippen molar-refractivity contribution in [3.63, 3.8) is 0 Å². The summed E-state index contributed by atoms with van der Waals surface area (Å²) in [6.07, 6.45) is 6.12. The fourth-order valence-electron chi connectivity index (χ4n) is 2.21. The van der Waals surface area contributed by atoms with Crippen LogP contribution >= 0.6 is 0 Å². The number of nitrogens with zero attached hydrogens (tertiary/aromatic N) is 1. The van der Waals surface area contributed by atoms with Crippen LogP contribution in [0, 0.1) is 0 Å². The molecule has 0 unspecified atom stereocenters. The highest BCUT2D eigenvalue weighted by Crippen LogP contribution is 2.10. The first-order valence-corrected chi connectivity index (χ1v) is 7.59. The molecule has 2 aromatic rings. The molecule has 0 spiro atoms. The van der Waals surface area contributed by atoms with Crippen LogP contribution in [-0.2, 0) is 24.3 Å². The first kappa shape index (κ1) is 16.0. The Bertz CT molecular complexity index is 591. The van der Waals surface area contributed by atoms with Crippen molar-refractivity contribution in [1.82, 2.24) is 5.32 Å². The van der Waals surface area contributed by atoms with Crippen LogP contribution in [0.5, 0.6) is 5.75 Å². The fraction of sp³-hybridized carbons (Fsp3) is 0.333. The number of aryl methyl sites for hydroxylation is 1. The first-order valence-electron chi connectivity index (χ1n) is 7.59. The topological polar surface area (TPSA) is 42.2 Å². The molecule has 2 rings (SSSR count). The third kappa shape index (κ3) is 4.88. The molecule has 116 valence electrons. The summed E-state index contributed by atoms with van der Waals surface area (Å²) >= 11 is 0. The number of carbonyl (C=O) groups is 1. The van der Waals surface area contributed by atoms with E-state index in [0.29, 0.717) is 13.1 Å². The van der Waals surface area contributed by atoms with E-state index in [-0.39, 0.29) is 5.91 Å². The van der Waals surface area contributed by atoms with Gasteiger partial charge in [-0.05, 0) is 29.7 Å². The molecule has 0 atom stereocenters. The minimum Gasteiger partial charge on any atom is -0.497 e. The number of benzene rings is 1. The summed E-state index contributed by atoms with van der Waals surface area (Å²) in [5.74, 6) is 0.821. The highest BCUT2D eigenvalue weighted by atomic mass is 16.5. The molecule has 0 bridgehead atoms. The van der Waals surface area contributed by atoms with Gasteiger partial charge in [0.1, 0.15) is 5.75 Å². The SMILES string of the molecule is CCCc1cc[n+](CC(=O)NCc2ccc(OC)cc2)cc1. The van der Waals surface area contributed by atoms with Crippen molar-refractivity contribution < 1.29 is 14.1 Å². The summed E-state index contributed by atoms with van der Waals surface area (Å²) in [7, 11) is 1.64. The Morgan fingerprint density at radius 3 is 2.36 bits per heavy atom. The predicted octanol–water partition coefficient (Wildman–Crippen LogP) is 2.25. The van der Waals surface area contributed by atoms with Crippen molar-refractivity contribution in [3.05, 3.63) is 59.9 Å². The van der Waals surface area contributed by atoms with Crippen LogP contribution in [0.15, 0.2) is 48.8 Å². The number of methoxy groups -OCH3 is 1. The van der Waals surface area contributed by atoms with Crippen molar-refractivity contribution in [1.29, 1.82) is 0 Å². The first-order chi connectivity index (χ1) is 10.7. The third-order valence-electron chi connectivity index (χ3n) is 3.47. The van der Waals surface area contributed by atoms with Gasteiger partial charge in [0.15, 0.2) is 12.4 Å². The molecule has 1 N–H and O–H groups in total. The van der Waals surface area contributed by atoms with E-state index >= 15 is 0 Å². The zero-order valence-corrected chi connectivity index (χ0v) is 13.2. The lowest BCUT2D eigenvalue weighted by Crippen LogP contribution is -2.42. The maximum atomic E-state index is 12.0. The Morgan fingerprint density at radius 1 is 1.09 bits per heavy atom. The zero-order valence-electron chi connectivity index (χ0n) is 13.2. The highest BCUT2D eigenvalue weighted by Gasteiger charge is 2.08. The van der Waals surface area contributed by atoms with E-state index < -0.39 is 0 Å². The van der Waals surface area contributed by atoms with E-state index in [0.717, 1.165) is 24.2 Å². The standard InChI is InChI=1S/C18H22N2O2/c1-3-4-15-9-11-20(12-10-15)14-18(21)19-13-16-5-7-17(22-2)8-6-16/h5-12H,3-4,13-14H2,1-2H3/p+1. The van der Waals surface area contributed by atoms with Gasteiger partial charge in [-0.2, -0.15) is 4.57 Å². The Hall–Kier alpha value is -2.36. The van der Waals surface area contributed by atoms with Crippen molar-refractivity contribution >= 4 is 5.91 Å². The van der Waals surface area contributed by atoms with Gasteiger partial charge in [-0.15, -0.1) is 0 Å². The number of ether oxygens (including phenoxy) is 1. The number of hydrogen-bond donors (Lipinski definition) is 1. The molecule has 1 aromatic heterocycles. The minimum absolute atomic E-state index is 0.00376. The zero-order chi connectivity index (χ0) is 15.8. The number of rotatable bonds is 7. The van der Waals surface area contributed by atoms with E-state index in [1.165, 1.54) is 5.56 Å². The molecule has 0 fully saturated rings. The van der Waals surface area contributed by atoms with Crippen molar-refractivity contribution in [2.75, 3.05) is 7.11 Å². The van der Waals surface area contributed by atoms with Gasteiger partial charge in [-0.3, -0.25) is 4.79 Å². The van der Waals surface area contributed by atoms with E-state index in [9.17, 15) is 4.79 Å². The van der Waals surface area contributed by atoms with Crippen molar-refractivity contribution in [2.24, 2.45) is 0 Å². The molecule has 0 aliphatic rings. The minimum atomic E-state index is 0.00376. The molecule has 4 heteroatoms. The lowest BCUT2D eigenvalue weighted by Gasteiger charge is -2.05. The van der Waals surface area contributed by atoms with Gasteiger partial charge in [-0.1, -0.05) is 25.5 Å². The summed E-state index contributed by atoms with van der Waals surface area (Å²) in [4.78, 5) is 12.0. The van der Waals surface area contributed by atoms with Crippen LogP contribution < -0.4 is 14.6 Å². The van der Waals surface area contributed by atoms with Crippen LogP contribution in [0.25, 0.3) is 0 Å². The lowest BCUT2D eigenvalue weighted by molar-refractivity contribution is -0.684. The number of aromatic nitrogens is 1. The molecular weight excluding hydrogens is 276 g/mol. The average molecular weight is 299 g/mol. The monoisotopic (exact) mass is 299 g/mol. The molecule has 1 amide bonds. The molecule has 4 nitrogen and oxygen atoms in total. The van der Waals surface area contributed by atoms with Crippen LogP contribution in [0.4, 0.5) is 0 Å². The van der Waals surface area contributed by atoms with Crippen LogP contribution in [0.1, 0.15) is 24.5 Å². The van der Waals surface area contributed by atoms with Gasteiger partial charge in [0.2, 0.25) is 6.54 Å². The van der Waals surface area contributed by atoms with Crippen LogP contribution in [0.3, 0.4) is 0 Å². The van der Waals surface area contributed by atoms with Crippen molar-refractivity contribution in [2.45, 2.75) is 32.9 Å². The van der Waals surface area contributed by atoms with E-state index in [2.05, 4.69) is 24.4 Å². The summed E-state index contributed by atoms with van der Waals surface area (Å²) in [5, 5.41) is 2.92. The number of nitrogens with one attached hydrogen (secondary N) is 1.